The first-order valence-corrected chi connectivity index (χ1v) is 13.4. The molecule has 1 aromatic heterocycles. The Morgan fingerprint density at radius 2 is 1.73 bits per heavy atom. The van der Waals surface area contributed by atoms with Crippen LogP contribution in [0.3, 0.4) is 0 Å². The Kier molecular flexibility index (Phi) is 6.87. The van der Waals surface area contributed by atoms with Gasteiger partial charge >= 0.3 is 17.7 Å². The van der Waals surface area contributed by atoms with E-state index in [1.165, 1.54) is 15.2 Å². The molecule has 3 aliphatic heterocycles. The smallest absolute Gasteiger partial charge is 0.410 e. The number of nitrogens with one attached hydrogen (secondary N) is 1. The quantitative estimate of drug-likeness (QED) is 0.574. The number of hydrogen-bond acceptors (Lipinski definition) is 7. The van der Waals surface area contributed by atoms with Crippen molar-refractivity contribution >= 4 is 34.6 Å². The summed E-state index contributed by atoms with van der Waals surface area (Å²) in [7, 11) is 1.63. The molecule has 11 nitrogen and oxygen atoms in total. The van der Waals surface area contributed by atoms with E-state index >= 15 is 8.78 Å². The predicted molar refractivity (Wildman–Crippen MR) is 143 cm³/mol. The molecule has 5 rings (SSSR count). The summed E-state index contributed by atoms with van der Waals surface area (Å²) in [5.41, 5.74) is 0.868. The van der Waals surface area contributed by atoms with Gasteiger partial charge < -0.3 is 14.5 Å². The first kappa shape index (κ1) is 27.7. The lowest BCUT2D eigenvalue weighted by Gasteiger charge is -2.43. The van der Waals surface area contributed by atoms with E-state index in [0.717, 1.165) is 10.6 Å². The number of aromatic nitrogens is 2. The maximum Gasteiger partial charge on any atom is 0.410 e. The summed E-state index contributed by atoms with van der Waals surface area (Å²) in [5, 5.41) is 2.30. The lowest BCUT2D eigenvalue weighted by molar-refractivity contribution is -0.135. The van der Waals surface area contributed by atoms with Gasteiger partial charge in [-0.1, -0.05) is 0 Å². The highest BCUT2D eigenvalue weighted by Gasteiger charge is 2.44. The lowest BCUT2D eigenvalue weighted by atomic mass is 10.1. The highest BCUT2D eigenvalue weighted by molar-refractivity contribution is 6.00. The van der Waals surface area contributed by atoms with E-state index in [0.29, 0.717) is 37.2 Å². The van der Waals surface area contributed by atoms with Gasteiger partial charge in [0, 0.05) is 51.9 Å². The number of benzene rings is 1. The molecule has 216 valence electrons. The molecule has 0 saturated carbocycles. The second-order valence-corrected chi connectivity index (χ2v) is 11.5. The standard InChI is InChI=1S/C27H34F2N6O5/c1-26(2,3)40-25(39)34-10-9-21(27(28,29)16-34)33-13-11-32(12-14-33)17-5-6-18-20(15-17)31(4)24(38)35(18)19-7-8-22(36)30-23(19)37/h5-6,9,15,19H,7-8,10-14,16H2,1-4H3,(H,30,36,37). The number of fused-ring (bicyclic) bond motifs is 1. The van der Waals surface area contributed by atoms with Gasteiger partial charge in [0.25, 0.3) is 0 Å². The largest absolute Gasteiger partial charge is 0.444 e. The summed E-state index contributed by atoms with van der Waals surface area (Å²) < 4.78 is 38.4. The molecule has 2 aromatic rings. The van der Waals surface area contributed by atoms with Crippen molar-refractivity contribution in [1.29, 1.82) is 0 Å². The number of nitrogens with zero attached hydrogens (tertiary/aromatic N) is 5. The van der Waals surface area contributed by atoms with Crippen LogP contribution >= 0.6 is 0 Å². The molecule has 0 aliphatic carbocycles. The number of piperazine rings is 1. The Morgan fingerprint density at radius 3 is 2.35 bits per heavy atom. The molecule has 40 heavy (non-hydrogen) atoms. The number of carbonyl (C=O) groups is 3. The molecule has 0 bridgehead atoms. The van der Waals surface area contributed by atoms with E-state index in [4.69, 9.17) is 4.74 Å². The topological polar surface area (TPSA) is 109 Å². The second-order valence-electron chi connectivity index (χ2n) is 11.5. The lowest BCUT2D eigenvalue weighted by Crippen LogP contribution is -2.54. The van der Waals surface area contributed by atoms with Crippen LogP contribution in [-0.4, -0.2) is 87.6 Å². The van der Waals surface area contributed by atoms with Crippen LogP contribution in [0.2, 0.25) is 0 Å². The monoisotopic (exact) mass is 560 g/mol. The van der Waals surface area contributed by atoms with E-state index in [1.54, 1.807) is 38.8 Å². The molecule has 0 spiro atoms. The van der Waals surface area contributed by atoms with Crippen LogP contribution in [-0.2, 0) is 21.4 Å². The molecule has 3 amide bonds. The highest BCUT2D eigenvalue weighted by atomic mass is 19.3. The summed E-state index contributed by atoms with van der Waals surface area (Å²) in [5.74, 6) is -4.04. The van der Waals surface area contributed by atoms with Gasteiger partial charge in [-0.3, -0.25) is 28.9 Å². The number of hydrogen-bond donors (Lipinski definition) is 1. The molecular formula is C27H34F2N6O5. The Hall–Kier alpha value is -3.90. The molecule has 2 saturated heterocycles. The van der Waals surface area contributed by atoms with Gasteiger partial charge in [0.2, 0.25) is 11.8 Å². The Labute approximate surface area is 229 Å². The van der Waals surface area contributed by atoms with Gasteiger partial charge in [0.15, 0.2) is 0 Å². The van der Waals surface area contributed by atoms with Crippen molar-refractivity contribution < 1.29 is 27.9 Å². The molecule has 13 heteroatoms. The van der Waals surface area contributed by atoms with Crippen molar-refractivity contribution in [3.63, 3.8) is 0 Å². The van der Waals surface area contributed by atoms with E-state index in [-0.39, 0.29) is 36.7 Å². The number of aryl methyl sites for hydroxylation is 1. The number of anilines is 1. The summed E-state index contributed by atoms with van der Waals surface area (Å²) >= 11 is 0. The van der Waals surface area contributed by atoms with Crippen molar-refractivity contribution in [3.8, 4) is 0 Å². The van der Waals surface area contributed by atoms with E-state index in [2.05, 4.69) is 10.2 Å². The van der Waals surface area contributed by atoms with Crippen LogP contribution in [0.5, 0.6) is 0 Å². The molecular weight excluding hydrogens is 526 g/mol. The van der Waals surface area contributed by atoms with E-state index in [9.17, 15) is 19.2 Å². The number of halogens is 2. The molecule has 3 aliphatic rings. The average molecular weight is 561 g/mol. The van der Waals surface area contributed by atoms with Crippen molar-refractivity contribution in [2.24, 2.45) is 7.05 Å². The summed E-state index contributed by atoms with van der Waals surface area (Å²) in [6.45, 7) is 6.09. The third-order valence-electron chi connectivity index (χ3n) is 7.50. The zero-order chi connectivity index (χ0) is 29.0. The van der Waals surface area contributed by atoms with Gasteiger partial charge in [0.05, 0.1) is 23.3 Å². The maximum absolute atomic E-state index is 15.1. The number of piperidine rings is 1. The average Bonchev–Trinajstić information content (AvgIpc) is 3.12. The minimum absolute atomic E-state index is 0.0505. The normalized spacial score (nSPS) is 21.9. The number of carbonyl (C=O) groups excluding carboxylic acids is 3. The zero-order valence-electron chi connectivity index (χ0n) is 23.1. The SMILES string of the molecule is Cn1c(=O)n(C2CCC(=O)NC2=O)c2ccc(N3CCN(C4=CCN(C(=O)OC(C)(C)C)CC4(F)F)CC3)cc21. The fourth-order valence-electron chi connectivity index (χ4n) is 5.54. The Bertz CT molecular complexity index is 1450. The minimum atomic E-state index is -3.20. The predicted octanol–water partition coefficient (Wildman–Crippen LogP) is 2.21. The minimum Gasteiger partial charge on any atom is -0.444 e. The molecule has 4 heterocycles. The fourth-order valence-corrected chi connectivity index (χ4v) is 5.54. The number of ether oxygens (including phenoxy) is 1. The van der Waals surface area contributed by atoms with Crippen LogP contribution in [0.25, 0.3) is 11.0 Å². The van der Waals surface area contributed by atoms with Crippen molar-refractivity contribution in [3.05, 3.63) is 40.5 Å². The van der Waals surface area contributed by atoms with Gasteiger partial charge in [0.1, 0.15) is 11.6 Å². The first-order chi connectivity index (χ1) is 18.7. The van der Waals surface area contributed by atoms with Crippen molar-refractivity contribution in [2.45, 2.75) is 51.2 Å². The fraction of sp³-hybridized carbons (Fsp3) is 0.556. The number of alkyl halides is 2. The second kappa shape index (κ2) is 9.93. The Morgan fingerprint density at radius 1 is 1.05 bits per heavy atom. The van der Waals surface area contributed by atoms with Crippen LogP contribution < -0.4 is 15.9 Å². The van der Waals surface area contributed by atoms with E-state index in [1.807, 2.05) is 12.1 Å². The van der Waals surface area contributed by atoms with Crippen LogP contribution in [0.4, 0.5) is 19.3 Å². The van der Waals surface area contributed by atoms with Crippen molar-refractivity contribution in [1.82, 2.24) is 24.3 Å². The summed E-state index contributed by atoms with van der Waals surface area (Å²) in [6, 6.07) is 4.74. The maximum atomic E-state index is 15.1. The van der Waals surface area contributed by atoms with Crippen LogP contribution in [0, 0.1) is 0 Å². The van der Waals surface area contributed by atoms with Gasteiger partial charge in [-0.2, -0.15) is 8.78 Å². The number of rotatable bonds is 3. The molecule has 1 aromatic carbocycles. The summed E-state index contributed by atoms with van der Waals surface area (Å²) in [6.07, 6.45) is 1.06. The molecule has 0 radical (unpaired) electrons. The third-order valence-corrected chi connectivity index (χ3v) is 7.50. The number of amides is 3. The summed E-state index contributed by atoms with van der Waals surface area (Å²) in [4.78, 5) is 54.1. The van der Waals surface area contributed by atoms with Gasteiger partial charge in [-0.15, -0.1) is 0 Å². The van der Waals surface area contributed by atoms with Crippen LogP contribution in [0.15, 0.2) is 34.8 Å². The van der Waals surface area contributed by atoms with E-state index < -0.39 is 36.1 Å². The first-order valence-electron chi connectivity index (χ1n) is 13.4. The van der Waals surface area contributed by atoms with Gasteiger partial charge in [-0.25, -0.2) is 9.59 Å². The molecule has 1 atom stereocenters. The van der Waals surface area contributed by atoms with Crippen LogP contribution in [0.1, 0.15) is 39.7 Å². The molecule has 1 unspecified atom stereocenters. The Balaban J connectivity index is 1.29. The highest BCUT2D eigenvalue weighted by Crippen LogP contribution is 2.34. The third kappa shape index (κ3) is 5.16. The van der Waals surface area contributed by atoms with Gasteiger partial charge in [-0.05, 0) is 51.5 Å². The molecule has 1 N–H and O–H groups in total. The van der Waals surface area contributed by atoms with Crippen molar-refractivity contribution in [2.75, 3.05) is 44.2 Å². The zero-order valence-corrected chi connectivity index (χ0v) is 23.1. The number of imide groups is 1. The number of imidazole rings is 1. The molecule has 2 fully saturated rings.